The standard InChI is InChI=1S/C13H17BrO2S/c1-2-17-8-7-11(13(15)16)9-10-3-5-12(14)6-4-10/h3-6,11H,2,7-9H2,1H3,(H,15,16). The van der Waals surface area contributed by atoms with Gasteiger partial charge in [-0.1, -0.05) is 35.0 Å². The number of hydrogen-bond donors (Lipinski definition) is 1. The summed E-state index contributed by atoms with van der Waals surface area (Å²) < 4.78 is 1.02. The molecule has 1 aromatic carbocycles. The Balaban J connectivity index is 2.54. The van der Waals surface area contributed by atoms with E-state index in [0.29, 0.717) is 6.42 Å². The van der Waals surface area contributed by atoms with Gasteiger partial charge in [-0.25, -0.2) is 0 Å². The average molecular weight is 317 g/mol. The third-order valence-corrected chi connectivity index (χ3v) is 4.02. The number of carboxylic acid groups (broad SMARTS) is 1. The van der Waals surface area contributed by atoms with Gasteiger partial charge in [-0.2, -0.15) is 11.8 Å². The van der Waals surface area contributed by atoms with Crippen LogP contribution >= 0.6 is 27.7 Å². The molecule has 0 aromatic heterocycles. The number of aliphatic carboxylic acids is 1. The molecule has 0 amide bonds. The molecule has 1 rings (SSSR count). The van der Waals surface area contributed by atoms with Crippen LogP contribution in [0.1, 0.15) is 18.9 Å². The maximum Gasteiger partial charge on any atom is 0.306 e. The molecule has 1 atom stereocenters. The summed E-state index contributed by atoms with van der Waals surface area (Å²) in [5, 5.41) is 9.17. The maximum atomic E-state index is 11.1. The van der Waals surface area contributed by atoms with Gasteiger partial charge in [0, 0.05) is 4.47 Å². The van der Waals surface area contributed by atoms with Gasteiger partial charge in [-0.3, -0.25) is 4.79 Å². The van der Waals surface area contributed by atoms with Gasteiger partial charge in [0.2, 0.25) is 0 Å². The first-order valence-corrected chi connectivity index (χ1v) is 7.63. The molecule has 0 saturated heterocycles. The lowest BCUT2D eigenvalue weighted by Crippen LogP contribution is -2.17. The second-order valence-electron chi connectivity index (χ2n) is 3.85. The Labute approximate surface area is 115 Å². The van der Waals surface area contributed by atoms with E-state index in [1.165, 1.54) is 0 Å². The van der Waals surface area contributed by atoms with Crippen LogP contribution in [0.15, 0.2) is 28.7 Å². The lowest BCUT2D eigenvalue weighted by atomic mass is 9.97. The van der Waals surface area contributed by atoms with Crippen LogP contribution in [-0.2, 0) is 11.2 Å². The molecule has 0 spiro atoms. The van der Waals surface area contributed by atoms with Crippen molar-refractivity contribution in [2.45, 2.75) is 19.8 Å². The number of benzene rings is 1. The Morgan fingerprint density at radius 1 is 1.41 bits per heavy atom. The Kier molecular flexibility index (Phi) is 6.66. The van der Waals surface area contributed by atoms with Crippen molar-refractivity contribution in [3.8, 4) is 0 Å². The molecule has 0 heterocycles. The van der Waals surface area contributed by atoms with E-state index < -0.39 is 5.97 Å². The molecule has 1 N–H and O–H groups in total. The molecule has 17 heavy (non-hydrogen) atoms. The van der Waals surface area contributed by atoms with Crippen molar-refractivity contribution < 1.29 is 9.90 Å². The number of rotatable bonds is 7. The van der Waals surface area contributed by atoms with Crippen LogP contribution in [-0.4, -0.2) is 22.6 Å². The quantitative estimate of drug-likeness (QED) is 0.777. The minimum atomic E-state index is -0.690. The molecule has 0 aliphatic heterocycles. The monoisotopic (exact) mass is 316 g/mol. The minimum absolute atomic E-state index is 0.268. The average Bonchev–Trinajstić information content (AvgIpc) is 2.30. The summed E-state index contributed by atoms with van der Waals surface area (Å²) in [5.41, 5.74) is 1.09. The van der Waals surface area contributed by atoms with Crippen molar-refractivity contribution in [1.82, 2.24) is 0 Å². The second kappa shape index (κ2) is 7.77. The number of thioether (sulfide) groups is 1. The highest BCUT2D eigenvalue weighted by atomic mass is 79.9. The van der Waals surface area contributed by atoms with E-state index in [-0.39, 0.29) is 5.92 Å². The van der Waals surface area contributed by atoms with Crippen LogP contribution in [0.25, 0.3) is 0 Å². The summed E-state index contributed by atoms with van der Waals surface area (Å²) in [6.45, 7) is 2.09. The highest BCUT2D eigenvalue weighted by Crippen LogP contribution is 2.18. The zero-order valence-corrected chi connectivity index (χ0v) is 12.3. The van der Waals surface area contributed by atoms with Crippen LogP contribution < -0.4 is 0 Å². The number of hydrogen-bond acceptors (Lipinski definition) is 2. The first kappa shape index (κ1) is 14.6. The Hall–Kier alpha value is -0.480. The van der Waals surface area contributed by atoms with E-state index in [9.17, 15) is 4.79 Å². The SMILES string of the molecule is CCSCCC(Cc1ccc(Br)cc1)C(=O)O. The molecule has 1 unspecified atom stereocenters. The molecule has 0 aliphatic rings. The molecule has 4 heteroatoms. The van der Waals surface area contributed by atoms with Gasteiger partial charge in [0.25, 0.3) is 0 Å². The van der Waals surface area contributed by atoms with Gasteiger partial charge >= 0.3 is 5.97 Å². The lowest BCUT2D eigenvalue weighted by molar-refractivity contribution is -0.141. The molecular weight excluding hydrogens is 300 g/mol. The topological polar surface area (TPSA) is 37.3 Å². The highest BCUT2D eigenvalue weighted by Gasteiger charge is 2.17. The molecule has 0 radical (unpaired) electrons. The van der Waals surface area contributed by atoms with Gasteiger partial charge < -0.3 is 5.11 Å². The van der Waals surface area contributed by atoms with Crippen molar-refractivity contribution >= 4 is 33.7 Å². The predicted octanol–water partition coefficient (Wildman–Crippen LogP) is 3.84. The zero-order valence-electron chi connectivity index (χ0n) is 9.86. The van der Waals surface area contributed by atoms with E-state index in [1.807, 2.05) is 24.3 Å². The molecule has 1 aromatic rings. The van der Waals surface area contributed by atoms with Gasteiger partial charge in [0.15, 0.2) is 0 Å². The molecule has 2 nitrogen and oxygen atoms in total. The third kappa shape index (κ3) is 5.59. The van der Waals surface area contributed by atoms with E-state index in [4.69, 9.17) is 5.11 Å². The third-order valence-electron chi connectivity index (χ3n) is 2.56. The summed E-state index contributed by atoms with van der Waals surface area (Å²) in [4.78, 5) is 11.1. The van der Waals surface area contributed by atoms with Gasteiger partial charge in [-0.05, 0) is 42.0 Å². The fourth-order valence-electron chi connectivity index (χ4n) is 1.59. The Morgan fingerprint density at radius 2 is 2.06 bits per heavy atom. The molecule has 0 bridgehead atoms. The number of halogens is 1. The zero-order chi connectivity index (χ0) is 12.7. The van der Waals surface area contributed by atoms with Crippen LogP contribution in [0.3, 0.4) is 0 Å². The van der Waals surface area contributed by atoms with Crippen molar-refractivity contribution in [1.29, 1.82) is 0 Å². The van der Waals surface area contributed by atoms with E-state index in [0.717, 1.165) is 28.0 Å². The first-order valence-electron chi connectivity index (χ1n) is 5.68. The normalized spacial score (nSPS) is 12.4. The fourth-order valence-corrected chi connectivity index (χ4v) is 2.59. The van der Waals surface area contributed by atoms with Gasteiger partial charge in [0.1, 0.15) is 0 Å². The fraction of sp³-hybridized carbons (Fsp3) is 0.462. The van der Waals surface area contributed by atoms with Crippen LogP contribution in [0, 0.1) is 5.92 Å². The summed E-state index contributed by atoms with van der Waals surface area (Å²) in [7, 11) is 0. The smallest absolute Gasteiger partial charge is 0.306 e. The Morgan fingerprint density at radius 3 is 2.59 bits per heavy atom. The molecule has 94 valence electrons. The maximum absolute atomic E-state index is 11.1. The van der Waals surface area contributed by atoms with Crippen molar-refractivity contribution in [2.75, 3.05) is 11.5 Å². The molecular formula is C13H17BrO2S. The van der Waals surface area contributed by atoms with Crippen LogP contribution in [0.4, 0.5) is 0 Å². The molecule has 0 saturated carbocycles. The first-order chi connectivity index (χ1) is 8.13. The molecule has 0 aliphatic carbocycles. The molecule has 0 fully saturated rings. The number of carboxylic acids is 1. The summed E-state index contributed by atoms with van der Waals surface area (Å²) in [5.74, 6) is 1.01. The van der Waals surface area contributed by atoms with Crippen molar-refractivity contribution in [3.63, 3.8) is 0 Å². The van der Waals surface area contributed by atoms with E-state index in [2.05, 4.69) is 22.9 Å². The predicted molar refractivity (Wildman–Crippen MR) is 76.6 cm³/mol. The van der Waals surface area contributed by atoms with Crippen LogP contribution in [0.5, 0.6) is 0 Å². The van der Waals surface area contributed by atoms with Crippen molar-refractivity contribution in [2.24, 2.45) is 5.92 Å². The van der Waals surface area contributed by atoms with Crippen LogP contribution in [0.2, 0.25) is 0 Å². The summed E-state index contributed by atoms with van der Waals surface area (Å²) in [6.07, 6.45) is 1.36. The largest absolute Gasteiger partial charge is 0.481 e. The lowest BCUT2D eigenvalue weighted by Gasteiger charge is -2.11. The van der Waals surface area contributed by atoms with Gasteiger partial charge in [-0.15, -0.1) is 0 Å². The van der Waals surface area contributed by atoms with E-state index in [1.54, 1.807) is 11.8 Å². The number of carbonyl (C=O) groups is 1. The van der Waals surface area contributed by atoms with Gasteiger partial charge in [0.05, 0.1) is 5.92 Å². The highest BCUT2D eigenvalue weighted by molar-refractivity contribution is 9.10. The van der Waals surface area contributed by atoms with Crippen molar-refractivity contribution in [3.05, 3.63) is 34.3 Å². The second-order valence-corrected chi connectivity index (χ2v) is 6.16. The summed E-state index contributed by atoms with van der Waals surface area (Å²) in [6, 6.07) is 7.87. The minimum Gasteiger partial charge on any atom is -0.481 e. The summed E-state index contributed by atoms with van der Waals surface area (Å²) >= 11 is 5.17. The van der Waals surface area contributed by atoms with E-state index >= 15 is 0 Å². The Bertz CT molecular complexity index is 351.